The summed E-state index contributed by atoms with van der Waals surface area (Å²) in [6.45, 7) is 0. The standard InChI is InChI=1S/C3H4N2OS/c4-3-1-7(6)2-5-3/h1-2H,4H2. The summed E-state index contributed by atoms with van der Waals surface area (Å²) >= 11 is 0. The predicted octanol–water partition coefficient (Wildman–Crippen LogP) is -0.465. The van der Waals surface area contributed by atoms with Crippen molar-refractivity contribution in [2.24, 2.45) is 10.7 Å². The van der Waals surface area contributed by atoms with Gasteiger partial charge in [0.05, 0.1) is 21.8 Å². The van der Waals surface area contributed by atoms with Crippen molar-refractivity contribution >= 4 is 16.3 Å². The molecule has 0 aromatic rings. The Bertz CT molecular complexity index is 160. The Morgan fingerprint density at radius 3 is 2.71 bits per heavy atom. The zero-order valence-electron chi connectivity index (χ0n) is 3.50. The Balaban J connectivity index is 2.88. The Morgan fingerprint density at radius 2 is 2.57 bits per heavy atom. The predicted molar refractivity (Wildman–Crippen MR) is 28.9 cm³/mol. The van der Waals surface area contributed by atoms with E-state index in [9.17, 15) is 4.21 Å². The molecule has 0 aliphatic carbocycles. The molecule has 0 bridgehead atoms. The molecule has 0 spiro atoms. The van der Waals surface area contributed by atoms with Crippen molar-refractivity contribution in [1.82, 2.24) is 0 Å². The van der Waals surface area contributed by atoms with Gasteiger partial charge < -0.3 is 5.73 Å². The van der Waals surface area contributed by atoms with E-state index in [-0.39, 0.29) is 0 Å². The molecule has 1 rings (SSSR count). The number of hydrogen-bond donors (Lipinski definition) is 1. The lowest BCUT2D eigenvalue weighted by Crippen LogP contribution is -1.87. The number of nitrogens with two attached hydrogens (primary N) is 1. The third-order valence-corrected chi connectivity index (χ3v) is 1.33. The van der Waals surface area contributed by atoms with E-state index in [1.807, 2.05) is 0 Å². The highest BCUT2D eigenvalue weighted by Gasteiger charge is 1.97. The van der Waals surface area contributed by atoms with Crippen molar-refractivity contribution in [3.63, 3.8) is 0 Å². The van der Waals surface area contributed by atoms with Gasteiger partial charge in [-0.15, -0.1) is 0 Å². The van der Waals surface area contributed by atoms with Crippen molar-refractivity contribution in [2.75, 3.05) is 0 Å². The molecule has 0 aromatic carbocycles. The Hall–Kier alpha value is -0.640. The van der Waals surface area contributed by atoms with Gasteiger partial charge in [-0.2, -0.15) is 0 Å². The summed E-state index contributed by atoms with van der Waals surface area (Å²) in [7, 11) is -1.03. The second kappa shape index (κ2) is 1.46. The molecule has 0 saturated heterocycles. The van der Waals surface area contributed by atoms with Crippen molar-refractivity contribution < 1.29 is 4.21 Å². The van der Waals surface area contributed by atoms with Crippen LogP contribution in [0.15, 0.2) is 16.2 Å². The highest BCUT2D eigenvalue weighted by Crippen LogP contribution is 1.96. The Morgan fingerprint density at radius 1 is 1.86 bits per heavy atom. The molecule has 7 heavy (non-hydrogen) atoms. The zero-order chi connectivity index (χ0) is 5.28. The van der Waals surface area contributed by atoms with Crippen LogP contribution in [-0.2, 0) is 10.8 Å². The third-order valence-electron chi connectivity index (χ3n) is 0.543. The van der Waals surface area contributed by atoms with Gasteiger partial charge in [0.25, 0.3) is 0 Å². The van der Waals surface area contributed by atoms with Crippen LogP contribution in [0.25, 0.3) is 0 Å². The van der Waals surface area contributed by atoms with Crippen LogP contribution < -0.4 is 5.73 Å². The van der Waals surface area contributed by atoms with Crippen molar-refractivity contribution in [3.05, 3.63) is 11.2 Å². The van der Waals surface area contributed by atoms with Gasteiger partial charge in [-0.1, -0.05) is 0 Å². The van der Waals surface area contributed by atoms with E-state index in [0.717, 1.165) is 0 Å². The summed E-state index contributed by atoms with van der Waals surface area (Å²) < 4.78 is 10.3. The normalized spacial score (nSPS) is 28.0. The molecule has 0 radical (unpaired) electrons. The van der Waals surface area contributed by atoms with E-state index in [1.165, 1.54) is 11.0 Å². The van der Waals surface area contributed by atoms with Gasteiger partial charge in [0, 0.05) is 0 Å². The average Bonchev–Trinajstić information content (AvgIpc) is 1.87. The van der Waals surface area contributed by atoms with Crippen molar-refractivity contribution in [1.29, 1.82) is 0 Å². The molecule has 0 fully saturated rings. The largest absolute Gasteiger partial charge is 0.383 e. The first kappa shape index (κ1) is 4.52. The molecule has 4 heteroatoms. The summed E-state index contributed by atoms with van der Waals surface area (Å²) in [5.74, 6) is 0.346. The van der Waals surface area contributed by atoms with Crippen molar-refractivity contribution in [3.8, 4) is 0 Å². The fourth-order valence-corrected chi connectivity index (χ4v) is 0.878. The molecular formula is C3H4N2OS. The maximum Gasteiger partial charge on any atom is 0.133 e. The van der Waals surface area contributed by atoms with E-state index in [2.05, 4.69) is 4.99 Å². The molecule has 1 atom stereocenters. The summed E-state index contributed by atoms with van der Waals surface area (Å²) in [6, 6.07) is 0. The van der Waals surface area contributed by atoms with Crippen LogP contribution in [0.1, 0.15) is 0 Å². The van der Waals surface area contributed by atoms with Gasteiger partial charge in [0.2, 0.25) is 0 Å². The highest BCUT2D eigenvalue weighted by atomic mass is 32.2. The van der Waals surface area contributed by atoms with Crippen LogP contribution in [0.3, 0.4) is 0 Å². The van der Waals surface area contributed by atoms with Crippen LogP contribution in [0.5, 0.6) is 0 Å². The molecule has 1 aliphatic rings. The summed E-state index contributed by atoms with van der Waals surface area (Å²) in [5.41, 5.74) is 6.40. The summed E-state index contributed by atoms with van der Waals surface area (Å²) in [5, 5.41) is 1.39. The molecule has 3 nitrogen and oxygen atoms in total. The third kappa shape index (κ3) is 0.866. The molecular weight excluding hydrogens is 112 g/mol. The first-order chi connectivity index (χ1) is 3.29. The lowest BCUT2D eigenvalue weighted by Gasteiger charge is -1.73. The van der Waals surface area contributed by atoms with Gasteiger partial charge in [-0.3, -0.25) is 0 Å². The van der Waals surface area contributed by atoms with Crippen LogP contribution >= 0.6 is 0 Å². The number of aliphatic imine (C=N–C) groups is 1. The second-order valence-corrected chi connectivity index (χ2v) is 2.21. The van der Waals surface area contributed by atoms with Gasteiger partial charge in [-0.05, 0) is 0 Å². The van der Waals surface area contributed by atoms with Crippen LogP contribution in [0, 0.1) is 0 Å². The lowest BCUT2D eigenvalue weighted by molar-refractivity contribution is 0.695. The van der Waals surface area contributed by atoms with Gasteiger partial charge in [-0.25, -0.2) is 9.20 Å². The van der Waals surface area contributed by atoms with Gasteiger partial charge in [0.1, 0.15) is 5.82 Å². The van der Waals surface area contributed by atoms with E-state index in [1.54, 1.807) is 0 Å². The first-order valence-electron chi connectivity index (χ1n) is 1.70. The lowest BCUT2D eigenvalue weighted by atomic mass is 10.9. The monoisotopic (exact) mass is 116 g/mol. The van der Waals surface area contributed by atoms with E-state index in [4.69, 9.17) is 5.73 Å². The number of nitrogens with zero attached hydrogens (tertiary/aromatic N) is 1. The molecule has 0 saturated carbocycles. The van der Waals surface area contributed by atoms with E-state index < -0.39 is 10.8 Å². The molecule has 1 heterocycles. The van der Waals surface area contributed by atoms with Crippen LogP contribution in [0.2, 0.25) is 0 Å². The smallest absolute Gasteiger partial charge is 0.133 e. The fraction of sp³-hybridized carbons (Fsp3) is 0. The van der Waals surface area contributed by atoms with Crippen LogP contribution in [0.4, 0.5) is 0 Å². The maximum absolute atomic E-state index is 10.3. The summed E-state index contributed by atoms with van der Waals surface area (Å²) in [6.07, 6.45) is 0. The average molecular weight is 116 g/mol. The van der Waals surface area contributed by atoms with E-state index in [0.29, 0.717) is 5.82 Å². The number of rotatable bonds is 0. The minimum atomic E-state index is -1.03. The molecule has 0 amide bonds. The van der Waals surface area contributed by atoms with Crippen LogP contribution in [-0.4, -0.2) is 9.76 Å². The Labute approximate surface area is 43.4 Å². The summed E-state index contributed by atoms with van der Waals surface area (Å²) in [4.78, 5) is 3.53. The molecule has 1 unspecified atom stereocenters. The highest BCUT2D eigenvalue weighted by molar-refractivity contribution is 8.01. The van der Waals surface area contributed by atoms with Gasteiger partial charge >= 0.3 is 0 Å². The molecule has 2 N–H and O–H groups in total. The molecule has 1 aliphatic heterocycles. The number of hydrogen-bond acceptors (Lipinski definition) is 3. The maximum atomic E-state index is 10.3. The van der Waals surface area contributed by atoms with Crippen molar-refractivity contribution in [2.45, 2.75) is 0 Å². The van der Waals surface area contributed by atoms with Gasteiger partial charge in [0.15, 0.2) is 0 Å². The molecule has 38 valence electrons. The Kier molecular flexibility index (Phi) is 0.941. The molecule has 0 aromatic heterocycles. The second-order valence-electron chi connectivity index (χ2n) is 1.11. The topological polar surface area (TPSA) is 55.5 Å². The SMILES string of the molecule is NC1=CS(=O)C=N1. The quantitative estimate of drug-likeness (QED) is 0.465. The fourth-order valence-electron chi connectivity index (χ4n) is 0.293. The van der Waals surface area contributed by atoms with E-state index >= 15 is 0 Å². The first-order valence-corrected chi connectivity index (χ1v) is 2.97. The minimum absolute atomic E-state index is 0.346. The zero-order valence-corrected chi connectivity index (χ0v) is 4.31. The minimum Gasteiger partial charge on any atom is -0.383 e.